The molecule has 1 aromatic heterocycles. The Labute approximate surface area is 80.6 Å². The van der Waals surface area contributed by atoms with E-state index in [4.69, 9.17) is 4.42 Å². The van der Waals surface area contributed by atoms with Crippen LogP contribution in [-0.2, 0) is 0 Å². The molecule has 2 nitrogen and oxygen atoms in total. The molecule has 1 atom stereocenters. The van der Waals surface area contributed by atoms with Crippen molar-refractivity contribution in [2.45, 2.75) is 6.10 Å². The highest BCUT2D eigenvalue weighted by atomic mass is 19.1. The molecule has 0 spiro atoms. The standard InChI is InChI=1S/C11H9FO2/c12-9-6-7-14-11(9)10(13)8-4-2-1-3-5-8/h1-7,10,13H. The lowest BCUT2D eigenvalue weighted by atomic mass is 10.1. The third-order valence-electron chi connectivity index (χ3n) is 2.01. The molecule has 2 rings (SSSR count). The minimum Gasteiger partial charge on any atom is -0.463 e. The summed E-state index contributed by atoms with van der Waals surface area (Å²) in [6.07, 6.45) is 0.183. The number of aliphatic hydroxyl groups excluding tert-OH is 1. The molecule has 0 aliphatic carbocycles. The number of hydrogen-bond acceptors (Lipinski definition) is 2. The van der Waals surface area contributed by atoms with Gasteiger partial charge in [-0.1, -0.05) is 30.3 Å². The molecule has 0 bridgehead atoms. The molecule has 1 aromatic carbocycles. The molecule has 1 unspecified atom stereocenters. The molecule has 3 heteroatoms. The van der Waals surface area contributed by atoms with E-state index in [0.717, 1.165) is 0 Å². The predicted octanol–water partition coefficient (Wildman–Crippen LogP) is 2.50. The van der Waals surface area contributed by atoms with Crippen LogP contribution in [0, 0.1) is 5.82 Å². The minimum atomic E-state index is -1.04. The van der Waals surface area contributed by atoms with Gasteiger partial charge in [0.15, 0.2) is 11.6 Å². The Hall–Kier alpha value is -1.61. The van der Waals surface area contributed by atoms with Crippen LogP contribution in [0.1, 0.15) is 17.4 Å². The summed E-state index contributed by atoms with van der Waals surface area (Å²) in [5.41, 5.74) is 0.612. The zero-order valence-electron chi connectivity index (χ0n) is 7.35. The summed E-state index contributed by atoms with van der Waals surface area (Å²) in [5.74, 6) is -0.572. The van der Waals surface area contributed by atoms with Gasteiger partial charge in [-0.25, -0.2) is 4.39 Å². The molecule has 0 amide bonds. The Bertz CT molecular complexity index is 408. The van der Waals surface area contributed by atoms with Crippen molar-refractivity contribution in [2.75, 3.05) is 0 Å². The molecule has 2 aromatic rings. The Morgan fingerprint density at radius 1 is 1.14 bits per heavy atom. The van der Waals surface area contributed by atoms with Crippen LogP contribution in [0.5, 0.6) is 0 Å². The third kappa shape index (κ3) is 1.54. The molecule has 0 saturated heterocycles. The quantitative estimate of drug-likeness (QED) is 0.793. The topological polar surface area (TPSA) is 33.4 Å². The maximum Gasteiger partial charge on any atom is 0.172 e. The van der Waals surface area contributed by atoms with Crippen LogP contribution < -0.4 is 0 Å². The van der Waals surface area contributed by atoms with Crippen LogP contribution in [-0.4, -0.2) is 5.11 Å². The van der Waals surface area contributed by atoms with Crippen molar-refractivity contribution in [3.05, 3.63) is 59.8 Å². The second kappa shape index (κ2) is 3.64. The van der Waals surface area contributed by atoms with Crippen LogP contribution in [0.2, 0.25) is 0 Å². The van der Waals surface area contributed by atoms with Crippen molar-refractivity contribution in [2.24, 2.45) is 0 Å². The summed E-state index contributed by atoms with van der Waals surface area (Å²) in [6.45, 7) is 0. The lowest BCUT2D eigenvalue weighted by Crippen LogP contribution is -1.99. The molecule has 0 aliphatic rings. The van der Waals surface area contributed by atoms with E-state index in [9.17, 15) is 9.50 Å². The van der Waals surface area contributed by atoms with Gasteiger partial charge in [-0.3, -0.25) is 0 Å². The lowest BCUT2D eigenvalue weighted by molar-refractivity contribution is 0.182. The fourth-order valence-electron chi connectivity index (χ4n) is 1.29. The van der Waals surface area contributed by atoms with Gasteiger partial charge in [-0.15, -0.1) is 0 Å². The van der Waals surface area contributed by atoms with Crippen LogP contribution in [0.25, 0.3) is 0 Å². The van der Waals surface area contributed by atoms with E-state index in [2.05, 4.69) is 0 Å². The zero-order valence-corrected chi connectivity index (χ0v) is 7.35. The number of rotatable bonds is 2. The van der Waals surface area contributed by atoms with E-state index in [-0.39, 0.29) is 5.76 Å². The summed E-state index contributed by atoms with van der Waals surface area (Å²) >= 11 is 0. The molecular formula is C11H9FO2. The summed E-state index contributed by atoms with van der Waals surface area (Å²) in [6, 6.07) is 9.99. The molecule has 14 heavy (non-hydrogen) atoms. The number of halogens is 1. The molecule has 72 valence electrons. The average molecular weight is 192 g/mol. The summed E-state index contributed by atoms with van der Waals surface area (Å²) in [4.78, 5) is 0. The predicted molar refractivity (Wildman–Crippen MR) is 49.2 cm³/mol. The third-order valence-corrected chi connectivity index (χ3v) is 2.01. The van der Waals surface area contributed by atoms with E-state index in [1.807, 2.05) is 6.07 Å². The number of hydrogen-bond donors (Lipinski definition) is 1. The van der Waals surface area contributed by atoms with Gasteiger partial charge in [-0.2, -0.15) is 0 Å². The molecule has 0 aliphatic heterocycles. The van der Waals surface area contributed by atoms with E-state index in [1.165, 1.54) is 12.3 Å². The van der Waals surface area contributed by atoms with Crippen molar-refractivity contribution in [3.8, 4) is 0 Å². The Morgan fingerprint density at radius 3 is 2.43 bits per heavy atom. The van der Waals surface area contributed by atoms with E-state index < -0.39 is 11.9 Å². The van der Waals surface area contributed by atoms with Gasteiger partial charge >= 0.3 is 0 Å². The van der Waals surface area contributed by atoms with Crippen molar-refractivity contribution in [3.63, 3.8) is 0 Å². The maximum atomic E-state index is 13.0. The van der Waals surface area contributed by atoms with E-state index in [1.54, 1.807) is 24.3 Å². The first kappa shape index (κ1) is 8.97. The number of aliphatic hydroxyl groups is 1. The normalized spacial score (nSPS) is 12.7. The van der Waals surface area contributed by atoms with Crippen molar-refractivity contribution < 1.29 is 13.9 Å². The Morgan fingerprint density at radius 2 is 1.86 bits per heavy atom. The fourth-order valence-corrected chi connectivity index (χ4v) is 1.29. The summed E-state index contributed by atoms with van der Waals surface area (Å²) in [5, 5.41) is 9.73. The smallest absolute Gasteiger partial charge is 0.172 e. The first-order valence-corrected chi connectivity index (χ1v) is 4.25. The Kier molecular flexibility index (Phi) is 2.33. The van der Waals surface area contributed by atoms with E-state index in [0.29, 0.717) is 5.56 Å². The van der Waals surface area contributed by atoms with Crippen LogP contribution in [0.3, 0.4) is 0 Å². The van der Waals surface area contributed by atoms with Crippen LogP contribution in [0.15, 0.2) is 47.1 Å². The van der Waals surface area contributed by atoms with Crippen LogP contribution in [0.4, 0.5) is 4.39 Å². The van der Waals surface area contributed by atoms with Gasteiger partial charge in [-0.05, 0) is 5.56 Å². The summed E-state index contributed by atoms with van der Waals surface area (Å²) in [7, 11) is 0. The largest absolute Gasteiger partial charge is 0.463 e. The second-order valence-corrected chi connectivity index (χ2v) is 2.95. The maximum absolute atomic E-state index is 13.0. The lowest BCUT2D eigenvalue weighted by Gasteiger charge is -2.07. The molecule has 0 fully saturated rings. The average Bonchev–Trinajstić information content (AvgIpc) is 2.65. The van der Waals surface area contributed by atoms with Gasteiger partial charge in [0.05, 0.1) is 6.26 Å². The molecule has 1 N–H and O–H groups in total. The van der Waals surface area contributed by atoms with E-state index >= 15 is 0 Å². The highest BCUT2D eigenvalue weighted by molar-refractivity contribution is 5.24. The van der Waals surface area contributed by atoms with Gasteiger partial charge in [0.25, 0.3) is 0 Å². The van der Waals surface area contributed by atoms with Crippen molar-refractivity contribution >= 4 is 0 Å². The Balaban J connectivity index is 2.34. The first-order valence-electron chi connectivity index (χ1n) is 4.25. The van der Waals surface area contributed by atoms with Gasteiger partial charge in [0, 0.05) is 6.07 Å². The summed E-state index contributed by atoms with van der Waals surface area (Å²) < 4.78 is 17.9. The van der Waals surface area contributed by atoms with Gasteiger partial charge in [0.1, 0.15) is 6.10 Å². The molecular weight excluding hydrogens is 183 g/mol. The van der Waals surface area contributed by atoms with Crippen LogP contribution >= 0.6 is 0 Å². The van der Waals surface area contributed by atoms with Crippen molar-refractivity contribution in [1.29, 1.82) is 0 Å². The van der Waals surface area contributed by atoms with Gasteiger partial charge < -0.3 is 9.52 Å². The second-order valence-electron chi connectivity index (χ2n) is 2.95. The van der Waals surface area contributed by atoms with Crippen molar-refractivity contribution in [1.82, 2.24) is 0 Å². The molecule has 0 saturated carbocycles. The minimum absolute atomic E-state index is 0.0452. The van der Waals surface area contributed by atoms with Gasteiger partial charge in [0.2, 0.25) is 0 Å². The highest BCUT2D eigenvalue weighted by Gasteiger charge is 2.17. The molecule has 0 radical (unpaired) electrons. The number of furan rings is 1. The monoisotopic (exact) mass is 192 g/mol. The number of benzene rings is 1. The fraction of sp³-hybridized carbons (Fsp3) is 0.0909. The zero-order chi connectivity index (χ0) is 9.97. The molecule has 1 heterocycles. The SMILES string of the molecule is OC(c1ccccc1)c1occc1F. The highest BCUT2D eigenvalue weighted by Crippen LogP contribution is 2.24. The first-order chi connectivity index (χ1) is 6.79.